The van der Waals surface area contributed by atoms with E-state index >= 15 is 0 Å². The molecule has 6 rings (SSSR count). The van der Waals surface area contributed by atoms with Gasteiger partial charge in [0.05, 0.1) is 11.0 Å². The number of amides is 1. The third kappa shape index (κ3) is 3.72. The first-order valence-corrected chi connectivity index (χ1v) is 12.7. The largest absolute Gasteiger partial charge is 0.417 e. The number of benzene rings is 1. The summed E-state index contributed by atoms with van der Waals surface area (Å²) in [5.41, 5.74) is 1.37. The van der Waals surface area contributed by atoms with Crippen LogP contribution in [-0.4, -0.2) is 59.0 Å². The van der Waals surface area contributed by atoms with Gasteiger partial charge in [0, 0.05) is 68.8 Å². The Hall–Kier alpha value is -2.61. The van der Waals surface area contributed by atoms with Crippen LogP contribution in [0.5, 0.6) is 0 Å². The number of rotatable bonds is 2. The predicted molar refractivity (Wildman–Crippen MR) is 127 cm³/mol. The number of piperazine rings is 1. The zero-order valence-corrected chi connectivity index (χ0v) is 20.0. The predicted octanol–water partition coefficient (Wildman–Crippen LogP) is 4.36. The molecule has 8 heteroatoms. The van der Waals surface area contributed by atoms with Crippen molar-refractivity contribution >= 4 is 11.6 Å². The van der Waals surface area contributed by atoms with Crippen molar-refractivity contribution in [2.75, 3.05) is 31.1 Å². The molecule has 1 aromatic carbocycles. The Bertz CT molecular complexity index is 1120. The van der Waals surface area contributed by atoms with E-state index in [0.29, 0.717) is 23.7 Å². The molecule has 4 unspecified atom stereocenters. The van der Waals surface area contributed by atoms with Gasteiger partial charge in [-0.15, -0.1) is 0 Å². The van der Waals surface area contributed by atoms with E-state index in [1.807, 2.05) is 11.0 Å². The summed E-state index contributed by atoms with van der Waals surface area (Å²) in [5.74, 6) is 0.311. The molecule has 1 spiro atoms. The average molecular weight is 485 g/mol. The van der Waals surface area contributed by atoms with E-state index in [4.69, 9.17) is 0 Å². The second kappa shape index (κ2) is 8.22. The molecular weight excluding hydrogens is 453 g/mol. The lowest BCUT2D eigenvalue weighted by Gasteiger charge is -2.39. The van der Waals surface area contributed by atoms with Gasteiger partial charge >= 0.3 is 6.18 Å². The highest BCUT2D eigenvalue weighted by Crippen LogP contribution is 2.55. The number of halogens is 3. The van der Waals surface area contributed by atoms with Gasteiger partial charge in [-0.3, -0.25) is 14.7 Å². The molecule has 4 atom stereocenters. The van der Waals surface area contributed by atoms with Crippen molar-refractivity contribution in [1.29, 1.82) is 0 Å². The second-order valence-electron chi connectivity index (χ2n) is 10.7. The van der Waals surface area contributed by atoms with Crippen molar-refractivity contribution in [2.24, 2.45) is 11.3 Å². The average Bonchev–Trinajstić information content (AvgIpc) is 3.40. The van der Waals surface area contributed by atoms with Gasteiger partial charge < -0.3 is 9.80 Å². The molecule has 5 nitrogen and oxygen atoms in total. The molecular formula is C27H31F3N4O. The maximum atomic E-state index is 13.8. The number of para-hydroxylation sites is 1. The molecule has 0 radical (unpaired) electrons. The highest BCUT2D eigenvalue weighted by molar-refractivity contribution is 5.87. The lowest BCUT2D eigenvalue weighted by molar-refractivity contribution is -0.138. The number of carbonyl (C=O) groups excluding carboxylic acids is 1. The second-order valence-corrected chi connectivity index (χ2v) is 10.7. The summed E-state index contributed by atoms with van der Waals surface area (Å²) >= 11 is 0. The highest BCUT2D eigenvalue weighted by Gasteiger charge is 2.61. The van der Waals surface area contributed by atoms with E-state index in [1.165, 1.54) is 11.8 Å². The van der Waals surface area contributed by atoms with Gasteiger partial charge in [-0.25, -0.2) is 0 Å². The quantitative estimate of drug-likeness (QED) is 0.635. The maximum absolute atomic E-state index is 13.8. The van der Waals surface area contributed by atoms with Crippen LogP contribution in [0, 0.1) is 11.3 Å². The monoisotopic (exact) mass is 484 g/mol. The van der Waals surface area contributed by atoms with Gasteiger partial charge in [0.2, 0.25) is 5.91 Å². The van der Waals surface area contributed by atoms with Crippen LogP contribution in [0.1, 0.15) is 43.0 Å². The van der Waals surface area contributed by atoms with Crippen LogP contribution in [0.25, 0.3) is 0 Å². The van der Waals surface area contributed by atoms with E-state index in [0.717, 1.165) is 51.6 Å². The zero-order valence-electron chi connectivity index (χ0n) is 20.0. The molecule has 4 heterocycles. The molecule has 186 valence electrons. The molecule has 0 N–H and O–H groups in total. The SMILES string of the molecule is CC1C2Cc3ncc(C(F)(F)F)cc3CN2C(=O)C12CCC(N1CCN(c3ccccc3)CC1)C2. The number of alkyl halides is 3. The molecule has 4 aliphatic rings. The van der Waals surface area contributed by atoms with E-state index in [1.54, 1.807) is 0 Å². The Morgan fingerprint density at radius 1 is 1.09 bits per heavy atom. The minimum absolute atomic E-state index is 0.0212. The van der Waals surface area contributed by atoms with Gasteiger partial charge in [0.15, 0.2) is 0 Å². The molecule has 1 saturated carbocycles. The highest BCUT2D eigenvalue weighted by atomic mass is 19.4. The Morgan fingerprint density at radius 2 is 1.83 bits per heavy atom. The number of carbonyl (C=O) groups is 1. The number of fused-ring (bicyclic) bond motifs is 2. The summed E-state index contributed by atoms with van der Waals surface area (Å²) in [6, 6.07) is 12.1. The maximum Gasteiger partial charge on any atom is 0.417 e. The zero-order chi connectivity index (χ0) is 24.4. The summed E-state index contributed by atoms with van der Waals surface area (Å²) in [6.07, 6.45) is -0.226. The Kier molecular flexibility index (Phi) is 5.36. The van der Waals surface area contributed by atoms with Crippen molar-refractivity contribution in [3.63, 3.8) is 0 Å². The normalized spacial score (nSPS) is 31.2. The smallest absolute Gasteiger partial charge is 0.369 e. The number of anilines is 1. The summed E-state index contributed by atoms with van der Waals surface area (Å²) in [5, 5.41) is 0. The molecule has 2 aromatic rings. The fourth-order valence-corrected chi connectivity index (χ4v) is 7.09. The van der Waals surface area contributed by atoms with Crippen LogP contribution in [0.4, 0.5) is 18.9 Å². The van der Waals surface area contributed by atoms with Gasteiger partial charge in [-0.1, -0.05) is 25.1 Å². The molecule has 1 amide bonds. The van der Waals surface area contributed by atoms with Crippen LogP contribution >= 0.6 is 0 Å². The van der Waals surface area contributed by atoms with Gasteiger partial charge in [-0.2, -0.15) is 13.2 Å². The summed E-state index contributed by atoms with van der Waals surface area (Å²) in [6.45, 7) is 6.35. The lowest BCUT2D eigenvalue weighted by Crippen LogP contribution is -2.50. The third-order valence-corrected chi connectivity index (χ3v) is 9.14. The fourth-order valence-electron chi connectivity index (χ4n) is 7.09. The first-order valence-electron chi connectivity index (χ1n) is 12.7. The Morgan fingerprint density at radius 3 is 2.54 bits per heavy atom. The number of hydrogen-bond acceptors (Lipinski definition) is 4. The van der Waals surface area contributed by atoms with Gasteiger partial charge in [0.1, 0.15) is 0 Å². The van der Waals surface area contributed by atoms with Crippen molar-refractivity contribution in [3.8, 4) is 0 Å². The minimum Gasteiger partial charge on any atom is -0.369 e. The molecule has 3 aliphatic heterocycles. The topological polar surface area (TPSA) is 39.7 Å². The molecule has 1 aliphatic carbocycles. The first-order chi connectivity index (χ1) is 16.8. The van der Waals surface area contributed by atoms with Crippen molar-refractivity contribution in [1.82, 2.24) is 14.8 Å². The van der Waals surface area contributed by atoms with Crippen LogP contribution < -0.4 is 4.90 Å². The number of pyridine rings is 1. The van der Waals surface area contributed by atoms with Gasteiger partial charge in [0.25, 0.3) is 0 Å². The standard InChI is InChI=1S/C27H31F3N4O/c1-18-24-14-23-19(13-20(16-31-23)27(28,29)30)17-34(24)25(35)26(18)8-7-22(15-26)33-11-9-32(10-12-33)21-5-3-2-4-6-21/h2-6,13,16,18,22,24H,7-12,14-15,17H2,1H3. The molecule has 1 aromatic heterocycles. The minimum atomic E-state index is -4.42. The Balaban J connectivity index is 1.16. The number of hydrogen-bond donors (Lipinski definition) is 0. The van der Waals surface area contributed by atoms with Crippen LogP contribution in [-0.2, 0) is 23.9 Å². The van der Waals surface area contributed by atoms with Crippen LogP contribution in [0.2, 0.25) is 0 Å². The van der Waals surface area contributed by atoms with E-state index in [9.17, 15) is 18.0 Å². The van der Waals surface area contributed by atoms with Gasteiger partial charge in [-0.05, 0) is 48.9 Å². The van der Waals surface area contributed by atoms with E-state index in [-0.39, 0.29) is 24.4 Å². The Labute approximate surface area is 203 Å². The van der Waals surface area contributed by atoms with Crippen molar-refractivity contribution < 1.29 is 18.0 Å². The van der Waals surface area contributed by atoms with E-state index < -0.39 is 17.2 Å². The molecule has 3 fully saturated rings. The number of aromatic nitrogens is 1. The summed E-state index contributed by atoms with van der Waals surface area (Å²) < 4.78 is 39.7. The first kappa shape index (κ1) is 22.8. The molecule has 35 heavy (non-hydrogen) atoms. The summed E-state index contributed by atoms with van der Waals surface area (Å²) in [7, 11) is 0. The fraction of sp³-hybridized carbons (Fsp3) is 0.556. The van der Waals surface area contributed by atoms with Crippen molar-refractivity contribution in [3.05, 3.63) is 59.4 Å². The van der Waals surface area contributed by atoms with Crippen molar-refractivity contribution in [2.45, 2.75) is 57.4 Å². The van der Waals surface area contributed by atoms with E-state index in [2.05, 4.69) is 46.0 Å². The lowest BCUT2D eigenvalue weighted by atomic mass is 9.73. The molecule has 0 bridgehead atoms. The third-order valence-electron chi connectivity index (χ3n) is 9.14. The van der Waals surface area contributed by atoms with Crippen LogP contribution in [0.3, 0.4) is 0 Å². The van der Waals surface area contributed by atoms with Crippen LogP contribution in [0.15, 0.2) is 42.6 Å². The number of nitrogens with zero attached hydrogens (tertiary/aromatic N) is 4. The summed E-state index contributed by atoms with van der Waals surface area (Å²) in [4.78, 5) is 24.8. The molecule has 2 saturated heterocycles.